The second-order valence-electron chi connectivity index (χ2n) is 8.35. The second-order valence-corrected chi connectivity index (χ2v) is 9.33. The van der Waals surface area contributed by atoms with Gasteiger partial charge in [-0.05, 0) is 53.3 Å². The Kier molecular flexibility index (Phi) is 6.22. The van der Waals surface area contributed by atoms with Crippen LogP contribution in [0.15, 0.2) is 41.8 Å². The van der Waals surface area contributed by atoms with Crippen LogP contribution in [0.1, 0.15) is 56.1 Å². The van der Waals surface area contributed by atoms with Gasteiger partial charge in [0.2, 0.25) is 5.91 Å². The van der Waals surface area contributed by atoms with E-state index in [4.69, 9.17) is 4.74 Å². The van der Waals surface area contributed by atoms with Crippen LogP contribution in [0.4, 0.5) is 0 Å². The molecule has 0 saturated heterocycles. The van der Waals surface area contributed by atoms with Crippen LogP contribution < -0.4 is 15.4 Å². The maximum absolute atomic E-state index is 12.7. The highest BCUT2D eigenvalue weighted by Crippen LogP contribution is 2.41. The van der Waals surface area contributed by atoms with Crippen molar-refractivity contribution < 1.29 is 9.53 Å². The third-order valence-corrected chi connectivity index (χ3v) is 5.99. The van der Waals surface area contributed by atoms with Gasteiger partial charge in [0.1, 0.15) is 5.75 Å². The smallest absolute Gasteiger partial charge is 0.234 e. The quantitative estimate of drug-likeness (QED) is 0.691. The van der Waals surface area contributed by atoms with Crippen LogP contribution in [0.3, 0.4) is 0 Å². The molecule has 1 amide bonds. The van der Waals surface area contributed by atoms with Gasteiger partial charge in [0.15, 0.2) is 0 Å². The summed E-state index contributed by atoms with van der Waals surface area (Å²) in [6, 6.07) is 12.5. The van der Waals surface area contributed by atoms with E-state index in [1.165, 1.54) is 23.3 Å². The van der Waals surface area contributed by atoms with Gasteiger partial charge >= 0.3 is 0 Å². The molecule has 0 bridgehead atoms. The predicted octanol–water partition coefficient (Wildman–Crippen LogP) is 4.70. The van der Waals surface area contributed by atoms with Gasteiger partial charge in [-0.1, -0.05) is 39.0 Å². The Morgan fingerprint density at radius 2 is 1.93 bits per heavy atom. The largest absolute Gasteiger partial charge is 0.497 e. The van der Waals surface area contributed by atoms with Crippen molar-refractivity contribution >= 4 is 17.2 Å². The Morgan fingerprint density at radius 1 is 1.22 bits per heavy atom. The highest BCUT2D eigenvalue weighted by Gasteiger charge is 2.33. The molecule has 27 heavy (non-hydrogen) atoms. The van der Waals surface area contributed by atoms with Crippen LogP contribution in [0.25, 0.3) is 0 Å². The van der Waals surface area contributed by atoms with E-state index in [0.717, 1.165) is 5.75 Å². The summed E-state index contributed by atoms with van der Waals surface area (Å²) >= 11 is 1.69. The number of benzene rings is 1. The Balaban J connectivity index is 1.62. The minimum absolute atomic E-state index is 0.0205. The molecule has 4 nitrogen and oxygen atoms in total. The monoisotopic (exact) mass is 386 g/mol. The molecule has 1 aromatic carbocycles. The molecule has 0 radical (unpaired) electrons. The predicted molar refractivity (Wildman–Crippen MR) is 111 cm³/mol. The lowest BCUT2D eigenvalue weighted by Crippen LogP contribution is -2.41. The minimum atomic E-state index is -0.0353. The highest BCUT2D eigenvalue weighted by atomic mass is 32.1. The first-order valence-corrected chi connectivity index (χ1v) is 10.5. The van der Waals surface area contributed by atoms with Gasteiger partial charge in [-0.2, -0.15) is 0 Å². The van der Waals surface area contributed by atoms with Crippen molar-refractivity contribution in [2.24, 2.45) is 11.3 Å². The number of amides is 1. The molecule has 0 spiro atoms. The Labute approximate surface area is 166 Å². The molecule has 5 heteroatoms. The number of thiophene rings is 1. The van der Waals surface area contributed by atoms with Gasteiger partial charge in [0.05, 0.1) is 19.7 Å². The third-order valence-electron chi connectivity index (χ3n) is 5.05. The van der Waals surface area contributed by atoms with Gasteiger partial charge in [-0.3, -0.25) is 4.79 Å². The van der Waals surface area contributed by atoms with Crippen LogP contribution in [-0.2, 0) is 4.79 Å². The van der Waals surface area contributed by atoms with Crippen LogP contribution >= 0.6 is 11.3 Å². The number of methoxy groups -OCH3 is 1. The summed E-state index contributed by atoms with van der Waals surface area (Å²) in [7, 11) is 1.68. The van der Waals surface area contributed by atoms with E-state index in [-0.39, 0.29) is 23.4 Å². The Hall–Kier alpha value is -1.85. The zero-order chi connectivity index (χ0) is 19.4. The third kappa shape index (κ3) is 5.33. The molecular formula is C22H30N2O2S. The van der Waals surface area contributed by atoms with Crippen LogP contribution in [0.5, 0.6) is 5.75 Å². The molecule has 2 aromatic rings. The van der Waals surface area contributed by atoms with E-state index < -0.39 is 0 Å². The average molecular weight is 387 g/mol. The molecule has 2 N–H and O–H groups in total. The molecule has 146 valence electrons. The number of hydrogen-bond acceptors (Lipinski definition) is 4. The Bertz CT molecular complexity index is 731. The SMILES string of the molecule is COc1ccc(C(NCC(=O)NC(c2cccs2)C(C)(C)C)C2CC2)cc1. The van der Waals surface area contributed by atoms with Crippen LogP contribution in [0, 0.1) is 11.3 Å². The summed E-state index contributed by atoms with van der Waals surface area (Å²) in [6.45, 7) is 6.81. The molecule has 1 saturated carbocycles. The van der Waals surface area contributed by atoms with Gasteiger partial charge in [0.25, 0.3) is 0 Å². The zero-order valence-corrected chi connectivity index (χ0v) is 17.4. The topological polar surface area (TPSA) is 50.4 Å². The van der Waals surface area contributed by atoms with Crippen molar-refractivity contribution in [2.75, 3.05) is 13.7 Å². The lowest BCUT2D eigenvalue weighted by atomic mass is 9.85. The number of carbonyl (C=O) groups is 1. The lowest BCUT2D eigenvalue weighted by molar-refractivity contribution is -0.121. The van der Waals surface area contributed by atoms with Crippen LogP contribution in [-0.4, -0.2) is 19.6 Å². The number of carbonyl (C=O) groups excluding carboxylic acids is 1. The zero-order valence-electron chi connectivity index (χ0n) is 16.6. The molecule has 1 fully saturated rings. The summed E-state index contributed by atoms with van der Waals surface area (Å²) in [6.07, 6.45) is 2.43. The van der Waals surface area contributed by atoms with E-state index in [0.29, 0.717) is 12.5 Å². The first-order valence-electron chi connectivity index (χ1n) is 9.58. The summed E-state index contributed by atoms with van der Waals surface area (Å²) in [4.78, 5) is 13.9. The molecule has 1 aliphatic carbocycles. The number of hydrogen-bond donors (Lipinski definition) is 2. The van der Waals surface area contributed by atoms with Crippen molar-refractivity contribution in [3.63, 3.8) is 0 Å². The van der Waals surface area contributed by atoms with Gasteiger partial charge in [-0.25, -0.2) is 0 Å². The maximum atomic E-state index is 12.7. The van der Waals surface area contributed by atoms with Gasteiger partial charge < -0.3 is 15.4 Å². The van der Waals surface area contributed by atoms with E-state index in [9.17, 15) is 4.79 Å². The fraction of sp³-hybridized carbons (Fsp3) is 0.500. The fourth-order valence-corrected chi connectivity index (χ4v) is 4.40. The second kappa shape index (κ2) is 8.44. The van der Waals surface area contributed by atoms with Gasteiger partial charge in [-0.15, -0.1) is 11.3 Å². The number of ether oxygens (including phenoxy) is 1. The first-order chi connectivity index (χ1) is 12.9. The summed E-state index contributed by atoms with van der Waals surface area (Å²) in [5, 5.41) is 8.78. The summed E-state index contributed by atoms with van der Waals surface area (Å²) in [5.41, 5.74) is 1.18. The summed E-state index contributed by atoms with van der Waals surface area (Å²) < 4.78 is 5.25. The fourth-order valence-electron chi connectivity index (χ4n) is 3.38. The highest BCUT2D eigenvalue weighted by molar-refractivity contribution is 7.10. The van der Waals surface area contributed by atoms with Crippen molar-refractivity contribution in [1.29, 1.82) is 0 Å². The molecule has 2 unspecified atom stereocenters. The normalized spacial score (nSPS) is 16.6. The van der Waals surface area contributed by atoms with Crippen molar-refractivity contribution in [1.82, 2.24) is 10.6 Å². The number of rotatable bonds is 8. The maximum Gasteiger partial charge on any atom is 0.234 e. The van der Waals surface area contributed by atoms with E-state index in [1.54, 1.807) is 18.4 Å². The molecule has 1 aliphatic rings. The molecule has 1 heterocycles. The molecule has 2 atom stereocenters. The van der Waals surface area contributed by atoms with E-state index >= 15 is 0 Å². The standard InChI is InChI=1S/C22H30N2O2S/c1-22(2,3)21(18-6-5-13-27-18)24-19(25)14-23-20(15-7-8-15)16-9-11-17(26-4)12-10-16/h5-6,9-13,15,20-21,23H,7-8,14H2,1-4H3,(H,24,25). The number of nitrogens with one attached hydrogen (secondary N) is 2. The van der Waals surface area contributed by atoms with E-state index in [2.05, 4.69) is 55.0 Å². The molecule has 1 aromatic heterocycles. The Morgan fingerprint density at radius 3 is 2.44 bits per heavy atom. The van der Waals surface area contributed by atoms with Crippen LogP contribution in [0.2, 0.25) is 0 Å². The van der Waals surface area contributed by atoms with Crippen molar-refractivity contribution in [3.05, 3.63) is 52.2 Å². The molecule has 0 aliphatic heterocycles. The van der Waals surface area contributed by atoms with Gasteiger partial charge in [0, 0.05) is 10.9 Å². The lowest BCUT2D eigenvalue weighted by Gasteiger charge is -2.31. The molecule has 3 rings (SSSR count). The molecular weight excluding hydrogens is 356 g/mol. The van der Waals surface area contributed by atoms with Crippen molar-refractivity contribution in [2.45, 2.75) is 45.7 Å². The first kappa shape index (κ1) is 19.9. The minimum Gasteiger partial charge on any atom is -0.497 e. The van der Waals surface area contributed by atoms with E-state index in [1.807, 2.05) is 18.2 Å². The van der Waals surface area contributed by atoms with Crippen molar-refractivity contribution in [3.8, 4) is 5.75 Å². The summed E-state index contributed by atoms with van der Waals surface area (Å²) in [5.74, 6) is 1.51. The average Bonchev–Trinajstić information content (AvgIpc) is 3.33.